The Bertz CT molecular complexity index is 792. The van der Waals surface area contributed by atoms with Crippen molar-refractivity contribution in [1.82, 2.24) is 10.6 Å². The topological polar surface area (TPSA) is 24.1 Å². The van der Waals surface area contributed by atoms with Gasteiger partial charge in [-0.2, -0.15) is 0 Å². The molecule has 0 atom stereocenters. The van der Waals surface area contributed by atoms with E-state index < -0.39 is 0 Å². The molecule has 0 heterocycles. The monoisotopic (exact) mass is 316 g/mol. The summed E-state index contributed by atoms with van der Waals surface area (Å²) in [6, 6.07) is 8.77. The van der Waals surface area contributed by atoms with Crippen molar-refractivity contribution in [2.75, 3.05) is 0 Å². The molecule has 1 aromatic rings. The Hall–Kier alpha value is -2.48. The molecule has 0 aliphatic heterocycles. The summed E-state index contributed by atoms with van der Waals surface area (Å²) in [5.74, 6) is 0. The minimum atomic E-state index is 1.06. The zero-order valence-corrected chi connectivity index (χ0v) is 14.0. The third kappa shape index (κ3) is 3.23. The van der Waals surface area contributed by atoms with Gasteiger partial charge in [-0.15, -0.1) is 0 Å². The lowest BCUT2D eigenvalue weighted by atomic mass is 10.00. The molecule has 1 aromatic carbocycles. The van der Waals surface area contributed by atoms with E-state index in [9.17, 15) is 0 Å². The van der Waals surface area contributed by atoms with Crippen LogP contribution in [0.2, 0.25) is 0 Å². The summed E-state index contributed by atoms with van der Waals surface area (Å²) in [4.78, 5) is 0. The van der Waals surface area contributed by atoms with Gasteiger partial charge >= 0.3 is 0 Å². The van der Waals surface area contributed by atoms with E-state index in [0.717, 1.165) is 38.5 Å². The summed E-state index contributed by atoms with van der Waals surface area (Å²) in [6.45, 7) is 0. The van der Waals surface area contributed by atoms with Gasteiger partial charge in [0.05, 0.1) is 0 Å². The van der Waals surface area contributed by atoms with Crippen LogP contribution < -0.4 is 21.1 Å². The number of allylic oxidation sites excluding steroid dienone is 8. The average molecular weight is 316 g/mol. The van der Waals surface area contributed by atoms with Crippen molar-refractivity contribution in [1.29, 1.82) is 0 Å². The molecule has 2 nitrogen and oxygen atoms in total. The van der Waals surface area contributed by atoms with Crippen LogP contribution in [-0.4, -0.2) is 0 Å². The van der Waals surface area contributed by atoms with Gasteiger partial charge in [0.15, 0.2) is 0 Å². The molecule has 0 fully saturated rings. The highest BCUT2D eigenvalue weighted by Gasteiger charge is 2.13. The summed E-state index contributed by atoms with van der Waals surface area (Å²) >= 11 is 0. The quantitative estimate of drug-likeness (QED) is 0.890. The second-order valence-electron chi connectivity index (χ2n) is 6.57. The number of nitrogens with one attached hydrogen (secondary N) is 2. The van der Waals surface area contributed by atoms with Crippen LogP contribution in [-0.2, 0) is 0 Å². The lowest BCUT2D eigenvalue weighted by Crippen LogP contribution is -2.39. The SMILES string of the molecule is C1=CCCC(NC2=c3ccccc3=C(NC3=CC=CCC3)CC2)=C1. The van der Waals surface area contributed by atoms with Crippen molar-refractivity contribution in [2.45, 2.75) is 38.5 Å². The van der Waals surface area contributed by atoms with Crippen LogP contribution in [0.4, 0.5) is 0 Å². The van der Waals surface area contributed by atoms with Crippen LogP contribution in [0.3, 0.4) is 0 Å². The van der Waals surface area contributed by atoms with Gasteiger partial charge in [0.1, 0.15) is 0 Å². The van der Waals surface area contributed by atoms with Gasteiger partial charge in [0.2, 0.25) is 0 Å². The first-order valence-corrected chi connectivity index (χ1v) is 8.97. The normalized spacial score (nSPS) is 19.5. The van der Waals surface area contributed by atoms with Gasteiger partial charge in [0, 0.05) is 33.2 Å². The van der Waals surface area contributed by atoms with Crippen LogP contribution >= 0.6 is 0 Å². The number of hydrogen-bond acceptors (Lipinski definition) is 2. The summed E-state index contributed by atoms with van der Waals surface area (Å²) in [7, 11) is 0. The molecule has 0 bridgehead atoms. The summed E-state index contributed by atoms with van der Waals surface area (Å²) in [5.41, 5.74) is 5.38. The fourth-order valence-corrected chi connectivity index (χ4v) is 3.59. The fraction of sp³-hybridized carbons (Fsp3) is 0.273. The molecule has 2 N–H and O–H groups in total. The summed E-state index contributed by atoms with van der Waals surface area (Å²) < 4.78 is 0. The smallest absolute Gasteiger partial charge is 0.0232 e. The molecule has 0 aromatic heterocycles. The van der Waals surface area contributed by atoms with E-state index in [1.807, 2.05) is 0 Å². The molecule has 2 heteroatoms. The zero-order valence-electron chi connectivity index (χ0n) is 14.0. The van der Waals surface area contributed by atoms with Gasteiger partial charge in [-0.1, -0.05) is 48.6 Å². The van der Waals surface area contributed by atoms with E-state index in [2.05, 4.69) is 71.4 Å². The number of fused-ring (bicyclic) bond motifs is 1. The lowest BCUT2D eigenvalue weighted by molar-refractivity contribution is 0.813. The predicted octanol–water partition coefficient (Wildman–Crippen LogP) is 3.34. The number of hydrogen-bond donors (Lipinski definition) is 2. The van der Waals surface area contributed by atoms with E-state index in [1.165, 1.54) is 33.2 Å². The Morgan fingerprint density at radius 1 is 0.625 bits per heavy atom. The maximum atomic E-state index is 3.70. The maximum Gasteiger partial charge on any atom is 0.0232 e. The Balaban J connectivity index is 1.72. The van der Waals surface area contributed by atoms with Crippen molar-refractivity contribution < 1.29 is 0 Å². The van der Waals surface area contributed by atoms with Crippen LogP contribution in [0.5, 0.6) is 0 Å². The first-order valence-electron chi connectivity index (χ1n) is 8.97. The molecule has 0 amide bonds. The van der Waals surface area contributed by atoms with Crippen molar-refractivity contribution in [2.24, 2.45) is 0 Å². The molecule has 0 saturated heterocycles. The van der Waals surface area contributed by atoms with Gasteiger partial charge < -0.3 is 10.6 Å². The standard InChI is InChI=1S/C22H24N2/c1-3-9-17(10-4-1)23-21-15-16-22(20-14-8-7-13-19(20)21)24-18-11-5-2-6-12-18/h1-3,5,7-9,11,13-14,23-24H,4,6,10,12,15-16H2. The molecule has 24 heavy (non-hydrogen) atoms. The highest BCUT2D eigenvalue weighted by atomic mass is 14.9. The third-order valence-corrected chi connectivity index (χ3v) is 4.85. The molecule has 0 saturated carbocycles. The van der Waals surface area contributed by atoms with Crippen LogP contribution in [0.25, 0.3) is 11.4 Å². The maximum absolute atomic E-state index is 3.70. The van der Waals surface area contributed by atoms with Crippen molar-refractivity contribution in [3.8, 4) is 0 Å². The molecule has 122 valence electrons. The molecule has 0 radical (unpaired) electrons. The predicted molar refractivity (Wildman–Crippen MR) is 101 cm³/mol. The first-order chi connectivity index (χ1) is 11.9. The molecule has 3 aliphatic rings. The van der Waals surface area contributed by atoms with Gasteiger partial charge in [0.25, 0.3) is 0 Å². The van der Waals surface area contributed by atoms with Crippen LogP contribution in [0.1, 0.15) is 38.5 Å². The van der Waals surface area contributed by atoms with Crippen molar-refractivity contribution >= 4 is 11.4 Å². The first kappa shape index (κ1) is 15.1. The van der Waals surface area contributed by atoms with E-state index in [-0.39, 0.29) is 0 Å². The van der Waals surface area contributed by atoms with Crippen molar-refractivity contribution in [3.05, 3.63) is 82.6 Å². The Kier molecular flexibility index (Phi) is 4.37. The Morgan fingerprint density at radius 2 is 1.12 bits per heavy atom. The van der Waals surface area contributed by atoms with Crippen molar-refractivity contribution in [3.63, 3.8) is 0 Å². The highest BCUT2D eigenvalue weighted by Crippen LogP contribution is 2.18. The Labute approximate surface area is 143 Å². The minimum Gasteiger partial charge on any atom is -0.362 e. The minimum absolute atomic E-state index is 1.06. The molecular weight excluding hydrogens is 292 g/mol. The molecule has 4 rings (SSSR count). The second kappa shape index (κ2) is 6.96. The summed E-state index contributed by atoms with van der Waals surface area (Å²) in [5, 5.41) is 10.1. The molecule has 0 unspecified atom stereocenters. The van der Waals surface area contributed by atoms with Crippen LogP contribution in [0, 0.1) is 0 Å². The average Bonchev–Trinajstić information content (AvgIpc) is 2.65. The molecule has 0 spiro atoms. The number of benzene rings is 1. The Morgan fingerprint density at radius 3 is 1.54 bits per heavy atom. The fourth-order valence-electron chi connectivity index (χ4n) is 3.59. The van der Waals surface area contributed by atoms with E-state index in [0.29, 0.717) is 0 Å². The summed E-state index contributed by atoms with van der Waals surface area (Å²) in [6.07, 6.45) is 19.8. The number of rotatable bonds is 4. The van der Waals surface area contributed by atoms with Gasteiger partial charge in [-0.3, -0.25) is 0 Å². The molecular formula is C22H24N2. The highest BCUT2D eigenvalue weighted by molar-refractivity contribution is 5.58. The zero-order chi connectivity index (χ0) is 16.2. The van der Waals surface area contributed by atoms with E-state index in [4.69, 9.17) is 0 Å². The third-order valence-electron chi connectivity index (χ3n) is 4.85. The van der Waals surface area contributed by atoms with Gasteiger partial charge in [-0.25, -0.2) is 0 Å². The van der Waals surface area contributed by atoms with Gasteiger partial charge in [-0.05, 0) is 50.7 Å². The lowest BCUT2D eigenvalue weighted by Gasteiger charge is -2.22. The second-order valence-corrected chi connectivity index (χ2v) is 6.57. The largest absolute Gasteiger partial charge is 0.362 e. The van der Waals surface area contributed by atoms with E-state index >= 15 is 0 Å². The van der Waals surface area contributed by atoms with E-state index in [1.54, 1.807) is 0 Å². The molecule has 3 aliphatic carbocycles. The van der Waals surface area contributed by atoms with Crippen LogP contribution in [0.15, 0.2) is 72.1 Å².